The average Bonchev–Trinajstić information content (AvgIpc) is 3.12. The predicted octanol–water partition coefficient (Wildman–Crippen LogP) is 4.99. The van der Waals surface area contributed by atoms with Crippen LogP contribution in [0.2, 0.25) is 0 Å². The Morgan fingerprint density at radius 3 is 2.43 bits per heavy atom. The highest BCUT2D eigenvalue weighted by Crippen LogP contribution is 2.39. The molecule has 4 rings (SSSR count). The first kappa shape index (κ1) is 20.1. The first-order chi connectivity index (χ1) is 14.5. The van der Waals surface area contributed by atoms with E-state index in [-0.39, 0.29) is 17.0 Å². The van der Waals surface area contributed by atoms with E-state index in [9.17, 15) is 18.4 Å². The third-order valence-electron chi connectivity index (χ3n) is 4.80. The molecule has 1 fully saturated rings. The molecule has 0 unspecified atom stereocenters. The highest BCUT2D eigenvalue weighted by molar-refractivity contribution is 8.00. The molecule has 0 saturated carbocycles. The summed E-state index contributed by atoms with van der Waals surface area (Å²) in [5.74, 6) is -1.93. The summed E-state index contributed by atoms with van der Waals surface area (Å²) >= 11 is 1.55. The van der Waals surface area contributed by atoms with Crippen LogP contribution in [0, 0.1) is 11.6 Å². The van der Waals surface area contributed by atoms with Crippen LogP contribution in [-0.2, 0) is 11.3 Å². The molecule has 1 aliphatic rings. The van der Waals surface area contributed by atoms with E-state index in [4.69, 9.17) is 0 Å². The van der Waals surface area contributed by atoms with Crippen molar-refractivity contribution in [1.82, 2.24) is 4.90 Å². The van der Waals surface area contributed by atoms with Gasteiger partial charge in [-0.1, -0.05) is 42.5 Å². The molecule has 0 radical (unpaired) electrons. The van der Waals surface area contributed by atoms with Gasteiger partial charge in [-0.15, -0.1) is 11.8 Å². The molecule has 3 aromatic rings. The Labute approximate surface area is 176 Å². The molecule has 30 heavy (non-hydrogen) atoms. The van der Waals surface area contributed by atoms with Gasteiger partial charge in [0.2, 0.25) is 5.91 Å². The standard InChI is InChI=1S/C23H18F2N2O2S/c24-19-11-10-18(12-20(19)25)26-22(29)16-6-8-17(9-7-16)23-27(21(28)14-30-23)13-15-4-2-1-3-5-15/h1-12,23H,13-14H2,(H,26,29)/t23-/m1/s1. The van der Waals surface area contributed by atoms with E-state index in [1.165, 1.54) is 6.07 Å². The van der Waals surface area contributed by atoms with Crippen molar-refractivity contribution < 1.29 is 18.4 Å². The minimum absolute atomic E-state index is 0.0778. The van der Waals surface area contributed by atoms with Gasteiger partial charge in [-0.3, -0.25) is 9.59 Å². The van der Waals surface area contributed by atoms with Crippen molar-refractivity contribution in [2.45, 2.75) is 11.9 Å². The fraction of sp³-hybridized carbons (Fsp3) is 0.130. The summed E-state index contributed by atoms with van der Waals surface area (Å²) in [5, 5.41) is 2.42. The first-order valence-corrected chi connectivity index (χ1v) is 10.4. The summed E-state index contributed by atoms with van der Waals surface area (Å²) in [4.78, 5) is 26.6. The molecule has 7 heteroatoms. The Kier molecular flexibility index (Phi) is 5.81. The van der Waals surface area contributed by atoms with Crippen LogP contribution in [0.1, 0.15) is 26.9 Å². The summed E-state index contributed by atoms with van der Waals surface area (Å²) in [6, 6.07) is 19.9. The number of benzene rings is 3. The Hall–Kier alpha value is -3.19. The van der Waals surface area contributed by atoms with Crippen LogP contribution in [0.25, 0.3) is 0 Å². The third kappa shape index (κ3) is 4.36. The number of carbonyl (C=O) groups excluding carboxylic acids is 2. The molecule has 152 valence electrons. The Morgan fingerprint density at radius 1 is 1.00 bits per heavy atom. The van der Waals surface area contributed by atoms with E-state index in [1.54, 1.807) is 23.9 Å². The number of rotatable bonds is 5. The average molecular weight is 424 g/mol. The van der Waals surface area contributed by atoms with Gasteiger partial charge in [-0.25, -0.2) is 8.78 Å². The number of thioether (sulfide) groups is 1. The van der Waals surface area contributed by atoms with Crippen LogP contribution in [0.4, 0.5) is 14.5 Å². The van der Waals surface area contributed by atoms with Crippen LogP contribution in [0.5, 0.6) is 0 Å². The second kappa shape index (κ2) is 8.67. The smallest absolute Gasteiger partial charge is 0.255 e. The summed E-state index contributed by atoms with van der Waals surface area (Å²) < 4.78 is 26.4. The molecule has 4 nitrogen and oxygen atoms in total. The molecule has 1 saturated heterocycles. The van der Waals surface area contributed by atoms with E-state index >= 15 is 0 Å². The van der Waals surface area contributed by atoms with E-state index in [2.05, 4.69) is 5.32 Å². The van der Waals surface area contributed by atoms with Crippen molar-refractivity contribution in [3.63, 3.8) is 0 Å². The highest BCUT2D eigenvalue weighted by Gasteiger charge is 2.32. The molecule has 3 aromatic carbocycles. The fourth-order valence-electron chi connectivity index (χ4n) is 3.26. The fourth-order valence-corrected chi connectivity index (χ4v) is 4.45. The number of hydrogen-bond acceptors (Lipinski definition) is 3. The number of amides is 2. The topological polar surface area (TPSA) is 49.4 Å². The van der Waals surface area contributed by atoms with Crippen molar-refractivity contribution in [1.29, 1.82) is 0 Å². The monoisotopic (exact) mass is 424 g/mol. The zero-order valence-electron chi connectivity index (χ0n) is 15.8. The number of nitrogens with zero attached hydrogens (tertiary/aromatic N) is 1. The summed E-state index contributed by atoms with van der Waals surface area (Å²) in [6.45, 7) is 0.524. The molecular weight excluding hydrogens is 406 g/mol. The number of anilines is 1. The number of hydrogen-bond donors (Lipinski definition) is 1. The Bertz CT molecular complexity index is 1070. The molecule has 1 heterocycles. The molecule has 0 aliphatic carbocycles. The van der Waals surface area contributed by atoms with Gasteiger partial charge in [-0.05, 0) is 35.4 Å². The summed E-state index contributed by atoms with van der Waals surface area (Å²) in [6.07, 6.45) is 0. The van der Waals surface area contributed by atoms with E-state index in [0.717, 1.165) is 23.3 Å². The van der Waals surface area contributed by atoms with Gasteiger partial charge < -0.3 is 10.2 Å². The van der Waals surface area contributed by atoms with Gasteiger partial charge in [0.25, 0.3) is 5.91 Å². The van der Waals surface area contributed by atoms with Gasteiger partial charge in [-0.2, -0.15) is 0 Å². The Morgan fingerprint density at radius 2 is 1.73 bits per heavy atom. The van der Waals surface area contributed by atoms with Gasteiger partial charge >= 0.3 is 0 Å². The minimum Gasteiger partial charge on any atom is -0.322 e. The molecular formula is C23H18F2N2O2S. The van der Waals surface area contributed by atoms with Gasteiger partial charge in [0.05, 0.1) is 5.75 Å². The lowest BCUT2D eigenvalue weighted by Gasteiger charge is -2.24. The first-order valence-electron chi connectivity index (χ1n) is 9.32. The van der Waals surface area contributed by atoms with E-state index in [1.807, 2.05) is 47.4 Å². The van der Waals surface area contributed by atoms with Crippen LogP contribution in [0.15, 0.2) is 72.8 Å². The number of carbonyl (C=O) groups is 2. The largest absolute Gasteiger partial charge is 0.322 e. The maximum Gasteiger partial charge on any atom is 0.255 e. The molecule has 0 bridgehead atoms. The van der Waals surface area contributed by atoms with Gasteiger partial charge in [0.1, 0.15) is 5.37 Å². The maximum atomic E-state index is 13.3. The van der Waals surface area contributed by atoms with Crippen LogP contribution in [0.3, 0.4) is 0 Å². The second-order valence-corrected chi connectivity index (χ2v) is 7.94. The lowest BCUT2D eigenvalue weighted by molar-refractivity contribution is -0.128. The van der Waals surface area contributed by atoms with Gasteiger partial charge in [0.15, 0.2) is 11.6 Å². The number of halogens is 2. The molecule has 2 amide bonds. The van der Waals surface area contributed by atoms with Gasteiger partial charge in [0, 0.05) is 23.9 Å². The minimum atomic E-state index is -1.02. The summed E-state index contributed by atoms with van der Waals surface area (Å²) in [7, 11) is 0. The maximum absolute atomic E-state index is 13.3. The zero-order valence-corrected chi connectivity index (χ0v) is 16.7. The zero-order chi connectivity index (χ0) is 21.1. The van der Waals surface area contributed by atoms with E-state index in [0.29, 0.717) is 17.9 Å². The third-order valence-corrected chi connectivity index (χ3v) is 6.06. The molecule has 1 aliphatic heterocycles. The van der Waals surface area contributed by atoms with E-state index < -0.39 is 17.5 Å². The highest BCUT2D eigenvalue weighted by atomic mass is 32.2. The predicted molar refractivity (Wildman–Crippen MR) is 113 cm³/mol. The van der Waals surface area contributed by atoms with Crippen molar-refractivity contribution in [2.24, 2.45) is 0 Å². The second-order valence-electron chi connectivity index (χ2n) is 6.88. The molecule has 0 spiro atoms. The Balaban J connectivity index is 1.47. The molecule has 1 N–H and O–H groups in total. The molecule has 1 atom stereocenters. The van der Waals surface area contributed by atoms with Crippen LogP contribution >= 0.6 is 11.8 Å². The molecule has 0 aromatic heterocycles. The normalized spacial score (nSPS) is 16.0. The lowest BCUT2D eigenvalue weighted by atomic mass is 10.1. The van der Waals surface area contributed by atoms with Crippen LogP contribution < -0.4 is 5.32 Å². The van der Waals surface area contributed by atoms with Crippen molar-refractivity contribution in [3.05, 3.63) is 101 Å². The van der Waals surface area contributed by atoms with Crippen molar-refractivity contribution in [2.75, 3.05) is 11.1 Å². The van der Waals surface area contributed by atoms with Crippen LogP contribution in [-0.4, -0.2) is 22.5 Å². The lowest BCUT2D eigenvalue weighted by Crippen LogP contribution is -2.27. The van der Waals surface area contributed by atoms with Crippen molar-refractivity contribution in [3.8, 4) is 0 Å². The SMILES string of the molecule is O=C(Nc1ccc(F)c(F)c1)c1ccc([C@H]2SCC(=O)N2Cc2ccccc2)cc1. The van der Waals surface area contributed by atoms with Crippen molar-refractivity contribution >= 4 is 29.3 Å². The quantitative estimate of drug-likeness (QED) is 0.628. The summed E-state index contributed by atoms with van der Waals surface area (Å²) in [5.41, 5.74) is 2.54. The number of nitrogens with one attached hydrogen (secondary N) is 1.